The molecular weight excluding hydrogens is 228 g/mol. The molecule has 1 aromatic carbocycles. The lowest BCUT2D eigenvalue weighted by molar-refractivity contribution is 0.0927. The third-order valence-electron chi connectivity index (χ3n) is 2.71. The van der Waals surface area contributed by atoms with Crippen LogP contribution in [0.5, 0.6) is 5.75 Å². The van der Waals surface area contributed by atoms with Crippen molar-refractivity contribution >= 4 is 0 Å². The molecule has 0 spiro atoms. The van der Waals surface area contributed by atoms with Gasteiger partial charge >= 0.3 is 0 Å². The largest absolute Gasteiger partial charge is 0.491 e. The van der Waals surface area contributed by atoms with Crippen molar-refractivity contribution in [3.8, 4) is 17.6 Å². The molecule has 1 saturated carbocycles. The van der Waals surface area contributed by atoms with Crippen LogP contribution >= 0.6 is 0 Å². The van der Waals surface area contributed by atoms with Crippen LogP contribution in [0, 0.1) is 17.8 Å². The minimum atomic E-state index is -0.114. The smallest absolute Gasteiger partial charge is 0.119 e. The van der Waals surface area contributed by atoms with Gasteiger partial charge in [-0.1, -0.05) is 11.8 Å². The number of hydrogen-bond acceptors (Lipinski definition) is 3. The predicted octanol–water partition coefficient (Wildman–Crippen LogP) is 1.84. The highest BCUT2D eigenvalue weighted by molar-refractivity contribution is 5.38. The maximum atomic E-state index is 8.58. The quantitative estimate of drug-likeness (QED) is 0.615. The number of hydrogen-bond donors (Lipinski definition) is 1. The average Bonchev–Trinajstić information content (AvgIpc) is 3.21. The Kier molecular flexibility index (Phi) is 5.07. The fourth-order valence-corrected chi connectivity index (χ4v) is 1.53. The van der Waals surface area contributed by atoms with E-state index in [1.807, 2.05) is 24.3 Å². The number of aliphatic hydroxyl groups excluding tert-OH is 1. The Morgan fingerprint density at radius 3 is 2.61 bits per heavy atom. The van der Waals surface area contributed by atoms with E-state index in [0.29, 0.717) is 13.2 Å². The molecule has 0 aromatic heterocycles. The molecule has 0 atom stereocenters. The topological polar surface area (TPSA) is 38.7 Å². The van der Waals surface area contributed by atoms with Crippen LogP contribution in [-0.4, -0.2) is 31.5 Å². The zero-order chi connectivity index (χ0) is 12.6. The molecular formula is C15H18O3. The zero-order valence-corrected chi connectivity index (χ0v) is 10.4. The van der Waals surface area contributed by atoms with Gasteiger partial charge < -0.3 is 14.6 Å². The van der Waals surface area contributed by atoms with Gasteiger partial charge in [0.25, 0.3) is 0 Å². The third kappa shape index (κ3) is 4.79. The van der Waals surface area contributed by atoms with E-state index >= 15 is 0 Å². The minimum Gasteiger partial charge on any atom is -0.491 e. The first-order valence-electron chi connectivity index (χ1n) is 6.29. The fraction of sp³-hybridized carbons (Fsp3) is 0.467. The van der Waals surface area contributed by atoms with Crippen molar-refractivity contribution in [3.63, 3.8) is 0 Å². The Bertz CT molecular complexity index is 410. The van der Waals surface area contributed by atoms with Crippen molar-refractivity contribution in [2.45, 2.75) is 12.8 Å². The molecule has 1 aromatic rings. The highest BCUT2D eigenvalue weighted by atomic mass is 16.5. The monoisotopic (exact) mass is 246 g/mol. The predicted molar refractivity (Wildman–Crippen MR) is 69.4 cm³/mol. The molecule has 2 rings (SSSR count). The lowest BCUT2D eigenvalue weighted by Crippen LogP contribution is -2.08. The molecule has 3 heteroatoms. The number of rotatable bonds is 6. The zero-order valence-electron chi connectivity index (χ0n) is 10.4. The molecule has 0 unspecified atom stereocenters. The summed E-state index contributed by atoms with van der Waals surface area (Å²) in [5.74, 6) is 7.06. The van der Waals surface area contributed by atoms with Gasteiger partial charge in [-0.05, 0) is 43.0 Å². The Balaban J connectivity index is 1.65. The molecule has 96 valence electrons. The third-order valence-corrected chi connectivity index (χ3v) is 2.71. The lowest BCUT2D eigenvalue weighted by atomic mass is 10.2. The van der Waals surface area contributed by atoms with Gasteiger partial charge in [0, 0.05) is 12.2 Å². The average molecular weight is 246 g/mol. The van der Waals surface area contributed by atoms with Gasteiger partial charge in [0.1, 0.15) is 19.0 Å². The molecule has 0 saturated heterocycles. The van der Waals surface area contributed by atoms with E-state index in [2.05, 4.69) is 11.8 Å². The van der Waals surface area contributed by atoms with E-state index in [-0.39, 0.29) is 6.61 Å². The van der Waals surface area contributed by atoms with E-state index in [4.69, 9.17) is 14.6 Å². The molecule has 1 aliphatic rings. The van der Waals surface area contributed by atoms with Gasteiger partial charge in [0.2, 0.25) is 0 Å². The molecule has 1 fully saturated rings. The second kappa shape index (κ2) is 7.05. The molecule has 1 aliphatic carbocycles. The van der Waals surface area contributed by atoms with Gasteiger partial charge in [0.15, 0.2) is 0 Å². The van der Waals surface area contributed by atoms with E-state index in [1.54, 1.807) is 0 Å². The van der Waals surface area contributed by atoms with Crippen LogP contribution in [0.3, 0.4) is 0 Å². The van der Waals surface area contributed by atoms with Gasteiger partial charge in [-0.15, -0.1) is 0 Å². The first-order chi connectivity index (χ1) is 8.88. The van der Waals surface area contributed by atoms with Crippen LogP contribution in [0.15, 0.2) is 24.3 Å². The van der Waals surface area contributed by atoms with Crippen LogP contribution in [0.2, 0.25) is 0 Å². The van der Waals surface area contributed by atoms with Crippen LogP contribution in [0.1, 0.15) is 18.4 Å². The summed E-state index contributed by atoms with van der Waals surface area (Å²) >= 11 is 0. The summed E-state index contributed by atoms with van der Waals surface area (Å²) < 4.78 is 11.0. The molecule has 1 N–H and O–H groups in total. The highest BCUT2D eigenvalue weighted by Gasteiger charge is 2.20. The van der Waals surface area contributed by atoms with Gasteiger partial charge in [-0.2, -0.15) is 0 Å². The van der Waals surface area contributed by atoms with Crippen LogP contribution in [0.4, 0.5) is 0 Å². The lowest BCUT2D eigenvalue weighted by Gasteiger charge is -2.06. The van der Waals surface area contributed by atoms with Gasteiger partial charge in [0.05, 0.1) is 6.61 Å². The van der Waals surface area contributed by atoms with Crippen molar-refractivity contribution in [2.75, 3.05) is 26.4 Å². The van der Waals surface area contributed by atoms with E-state index in [1.165, 1.54) is 12.8 Å². The number of benzene rings is 1. The van der Waals surface area contributed by atoms with Crippen molar-refractivity contribution in [1.82, 2.24) is 0 Å². The first kappa shape index (κ1) is 12.9. The first-order valence-corrected chi connectivity index (χ1v) is 6.29. The number of aliphatic hydroxyl groups is 1. The highest BCUT2D eigenvalue weighted by Crippen LogP contribution is 2.28. The molecule has 18 heavy (non-hydrogen) atoms. The fourth-order valence-electron chi connectivity index (χ4n) is 1.53. The van der Waals surface area contributed by atoms with Gasteiger partial charge in [-0.3, -0.25) is 0 Å². The Labute approximate surface area is 108 Å². The summed E-state index contributed by atoms with van der Waals surface area (Å²) in [5, 5.41) is 8.58. The second-order valence-corrected chi connectivity index (χ2v) is 4.35. The molecule has 0 aliphatic heterocycles. The normalized spacial score (nSPS) is 13.8. The Morgan fingerprint density at radius 2 is 1.94 bits per heavy atom. The summed E-state index contributed by atoms with van der Waals surface area (Å²) in [6.45, 7) is 1.98. The van der Waals surface area contributed by atoms with E-state index < -0.39 is 0 Å². The summed E-state index contributed by atoms with van der Waals surface area (Å²) in [5.41, 5.74) is 0.876. The van der Waals surface area contributed by atoms with Crippen LogP contribution < -0.4 is 4.74 Å². The van der Waals surface area contributed by atoms with E-state index in [9.17, 15) is 0 Å². The summed E-state index contributed by atoms with van der Waals surface area (Å²) in [6, 6.07) is 7.51. The van der Waals surface area contributed by atoms with Gasteiger partial charge in [-0.25, -0.2) is 0 Å². The van der Waals surface area contributed by atoms with Crippen molar-refractivity contribution in [1.29, 1.82) is 0 Å². The SMILES string of the molecule is OCC#Cc1ccc(OCCOCC2CC2)cc1. The standard InChI is InChI=1S/C15H18O3/c16-9-1-2-13-5-7-15(8-6-13)18-11-10-17-12-14-3-4-14/h5-8,14,16H,3-4,9-12H2. The maximum Gasteiger partial charge on any atom is 0.119 e. The minimum absolute atomic E-state index is 0.114. The summed E-state index contributed by atoms with van der Waals surface area (Å²) in [4.78, 5) is 0. The van der Waals surface area contributed by atoms with Crippen molar-refractivity contribution < 1.29 is 14.6 Å². The Hall–Kier alpha value is -1.50. The summed E-state index contributed by atoms with van der Waals surface area (Å²) in [6.07, 6.45) is 2.63. The van der Waals surface area contributed by atoms with Crippen LogP contribution in [0.25, 0.3) is 0 Å². The molecule has 0 amide bonds. The summed E-state index contributed by atoms with van der Waals surface area (Å²) in [7, 11) is 0. The van der Waals surface area contributed by atoms with E-state index in [0.717, 1.165) is 23.8 Å². The maximum absolute atomic E-state index is 8.58. The van der Waals surface area contributed by atoms with Crippen LogP contribution in [-0.2, 0) is 4.74 Å². The second-order valence-electron chi connectivity index (χ2n) is 4.35. The molecule has 0 bridgehead atoms. The molecule has 0 radical (unpaired) electrons. The molecule has 0 heterocycles. The van der Waals surface area contributed by atoms with Crippen molar-refractivity contribution in [3.05, 3.63) is 29.8 Å². The molecule has 3 nitrogen and oxygen atoms in total. The number of ether oxygens (including phenoxy) is 2. The van der Waals surface area contributed by atoms with Crippen molar-refractivity contribution in [2.24, 2.45) is 5.92 Å². The Morgan fingerprint density at radius 1 is 1.17 bits per heavy atom.